The fraction of sp³-hybridized carbons (Fsp3) is 1.00. The summed E-state index contributed by atoms with van der Waals surface area (Å²) in [5, 5.41) is 0. The third kappa shape index (κ3) is 6.16. The monoisotopic (exact) mass is 278 g/mol. The molecule has 1 fully saturated rings. The van der Waals surface area contributed by atoms with Crippen molar-refractivity contribution >= 4 is 10.1 Å². The SMILES string of the molecule is CCCCCCCC[N+]1(OS(C)(=O)=O)CCCC1. The van der Waals surface area contributed by atoms with Crippen LogP contribution in [-0.4, -0.2) is 39.0 Å². The van der Waals surface area contributed by atoms with Crippen LogP contribution in [0.4, 0.5) is 0 Å². The highest BCUT2D eigenvalue weighted by molar-refractivity contribution is 7.85. The minimum absolute atomic E-state index is 0.340. The third-order valence-electron chi connectivity index (χ3n) is 3.59. The molecule has 4 nitrogen and oxygen atoms in total. The number of hydrogen-bond donors (Lipinski definition) is 0. The van der Waals surface area contributed by atoms with E-state index >= 15 is 0 Å². The van der Waals surface area contributed by atoms with E-state index in [0.717, 1.165) is 45.2 Å². The van der Waals surface area contributed by atoms with E-state index in [1.807, 2.05) is 0 Å². The van der Waals surface area contributed by atoms with E-state index in [2.05, 4.69) is 6.92 Å². The maximum absolute atomic E-state index is 11.3. The molecule has 0 saturated carbocycles. The molecule has 0 aromatic rings. The zero-order valence-corrected chi connectivity index (χ0v) is 12.7. The second-order valence-corrected chi connectivity index (χ2v) is 7.04. The Balaban J connectivity index is 2.30. The molecule has 0 atom stereocenters. The van der Waals surface area contributed by atoms with Crippen LogP contribution < -0.4 is 0 Å². The molecule has 0 radical (unpaired) electrons. The van der Waals surface area contributed by atoms with Gasteiger partial charge in [-0.2, -0.15) is 13.1 Å². The molecule has 1 heterocycles. The number of likely N-dealkylation sites (tertiary alicyclic amines) is 1. The zero-order valence-electron chi connectivity index (χ0n) is 11.9. The van der Waals surface area contributed by atoms with Crippen molar-refractivity contribution in [3.63, 3.8) is 0 Å². The van der Waals surface area contributed by atoms with Gasteiger partial charge in [-0.1, -0.05) is 36.9 Å². The van der Waals surface area contributed by atoms with Gasteiger partial charge in [0.05, 0.1) is 6.26 Å². The molecule has 0 aromatic heterocycles. The molecule has 0 unspecified atom stereocenters. The van der Waals surface area contributed by atoms with Crippen molar-refractivity contribution in [3.05, 3.63) is 0 Å². The van der Waals surface area contributed by atoms with Crippen LogP contribution in [0.3, 0.4) is 0 Å². The lowest BCUT2D eigenvalue weighted by Crippen LogP contribution is -2.47. The fourth-order valence-electron chi connectivity index (χ4n) is 2.71. The summed E-state index contributed by atoms with van der Waals surface area (Å²) in [6.45, 7) is 4.76. The van der Waals surface area contributed by atoms with Gasteiger partial charge in [0.25, 0.3) is 0 Å². The molecule has 5 heteroatoms. The summed E-state index contributed by atoms with van der Waals surface area (Å²) < 4.78 is 28.3. The first-order chi connectivity index (χ1) is 8.47. The van der Waals surface area contributed by atoms with Crippen LogP contribution in [0.5, 0.6) is 0 Å². The van der Waals surface area contributed by atoms with Gasteiger partial charge in [-0.25, -0.2) is 0 Å². The largest absolute Gasteiger partial charge is 0.311 e. The number of unbranched alkanes of at least 4 members (excludes halogenated alkanes) is 5. The van der Waals surface area contributed by atoms with E-state index in [4.69, 9.17) is 4.28 Å². The maximum atomic E-state index is 11.3. The number of hydroxylamine groups is 3. The van der Waals surface area contributed by atoms with Crippen LogP contribution in [0.15, 0.2) is 0 Å². The van der Waals surface area contributed by atoms with Crippen molar-refractivity contribution in [2.24, 2.45) is 0 Å². The van der Waals surface area contributed by atoms with Crippen LogP contribution in [0.1, 0.15) is 58.3 Å². The van der Waals surface area contributed by atoms with Gasteiger partial charge in [0, 0.05) is 12.8 Å². The summed E-state index contributed by atoms with van der Waals surface area (Å²) in [5.41, 5.74) is 0. The Morgan fingerprint density at radius 1 is 1.00 bits per heavy atom. The highest BCUT2D eigenvalue weighted by Crippen LogP contribution is 2.23. The van der Waals surface area contributed by atoms with E-state index in [1.54, 1.807) is 0 Å². The van der Waals surface area contributed by atoms with Crippen molar-refractivity contribution < 1.29 is 17.3 Å². The molecule has 1 aliphatic heterocycles. The van der Waals surface area contributed by atoms with Gasteiger partial charge in [-0.05, 0) is 12.8 Å². The van der Waals surface area contributed by atoms with Gasteiger partial charge in [0.1, 0.15) is 19.6 Å². The molecule has 108 valence electrons. The Labute approximate surface area is 112 Å². The van der Waals surface area contributed by atoms with Crippen molar-refractivity contribution in [1.82, 2.24) is 0 Å². The second kappa shape index (κ2) is 7.46. The van der Waals surface area contributed by atoms with Crippen LogP contribution >= 0.6 is 0 Å². The second-order valence-electron chi connectivity index (χ2n) is 5.48. The number of nitrogens with zero attached hydrogens (tertiary/aromatic N) is 1. The topological polar surface area (TPSA) is 43.4 Å². The smallest absolute Gasteiger partial charge is 0.195 e. The molecule has 0 N–H and O–H groups in total. The molecule has 0 spiro atoms. The van der Waals surface area contributed by atoms with Gasteiger partial charge in [0.15, 0.2) is 0 Å². The lowest BCUT2D eigenvalue weighted by molar-refractivity contribution is -1.07. The minimum Gasteiger partial charge on any atom is -0.195 e. The van der Waals surface area contributed by atoms with Crippen molar-refractivity contribution in [2.45, 2.75) is 58.3 Å². The summed E-state index contributed by atoms with van der Waals surface area (Å²) in [5.74, 6) is 0. The zero-order chi connectivity index (χ0) is 13.5. The van der Waals surface area contributed by atoms with Crippen molar-refractivity contribution in [1.29, 1.82) is 0 Å². The minimum atomic E-state index is -3.35. The van der Waals surface area contributed by atoms with Crippen molar-refractivity contribution in [2.75, 3.05) is 25.9 Å². The highest BCUT2D eigenvalue weighted by atomic mass is 32.2. The molecule has 0 amide bonds. The number of quaternary nitrogens is 1. The summed E-state index contributed by atoms with van der Waals surface area (Å²) in [6, 6.07) is 0. The summed E-state index contributed by atoms with van der Waals surface area (Å²) in [4.78, 5) is 0. The standard InChI is InChI=1S/C13H28NO3S/c1-3-4-5-6-7-8-11-14(12-9-10-13-14)17-18(2,15)16/h3-13H2,1-2H3/q+1. The van der Waals surface area contributed by atoms with E-state index in [1.165, 1.54) is 32.1 Å². The third-order valence-corrected chi connectivity index (χ3v) is 4.18. The average molecular weight is 278 g/mol. The Hall–Kier alpha value is -0.130. The molecule has 0 aromatic carbocycles. The maximum Gasteiger partial charge on any atom is 0.311 e. The Bertz CT molecular complexity index is 321. The highest BCUT2D eigenvalue weighted by Gasteiger charge is 2.37. The number of hydrogen-bond acceptors (Lipinski definition) is 3. The lowest BCUT2D eigenvalue weighted by atomic mass is 10.1. The predicted molar refractivity (Wildman–Crippen MR) is 73.4 cm³/mol. The Kier molecular flexibility index (Phi) is 6.60. The molecule has 1 saturated heterocycles. The Morgan fingerprint density at radius 3 is 2.11 bits per heavy atom. The van der Waals surface area contributed by atoms with Crippen LogP contribution in [0, 0.1) is 0 Å². The quantitative estimate of drug-likeness (QED) is 0.481. The summed E-state index contributed by atoms with van der Waals surface area (Å²) in [7, 11) is -3.35. The fourth-order valence-corrected chi connectivity index (χ4v) is 3.51. The molecular formula is C13H28NO3S+. The van der Waals surface area contributed by atoms with E-state index in [9.17, 15) is 8.42 Å². The lowest BCUT2D eigenvalue weighted by Gasteiger charge is -2.29. The molecule has 0 aliphatic carbocycles. The van der Waals surface area contributed by atoms with E-state index in [0.29, 0.717) is 4.65 Å². The first-order valence-electron chi connectivity index (χ1n) is 7.25. The van der Waals surface area contributed by atoms with Crippen LogP contribution in [0.25, 0.3) is 0 Å². The molecular weight excluding hydrogens is 250 g/mol. The Morgan fingerprint density at radius 2 is 1.56 bits per heavy atom. The molecule has 0 bridgehead atoms. The van der Waals surface area contributed by atoms with Crippen LogP contribution in [-0.2, 0) is 14.4 Å². The first kappa shape index (κ1) is 15.9. The first-order valence-corrected chi connectivity index (χ1v) is 9.06. The van der Waals surface area contributed by atoms with E-state index < -0.39 is 10.1 Å². The van der Waals surface area contributed by atoms with Gasteiger partial charge in [-0.15, -0.1) is 0 Å². The summed E-state index contributed by atoms with van der Waals surface area (Å²) in [6.07, 6.45) is 10.7. The predicted octanol–water partition coefficient (Wildman–Crippen LogP) is 2.85. The summed E-state index contributed by atoms with van der Waals surface area (Å²) >= 11 is 0. The van der Waals surface area contributed by atoms with Gasteiger partial charge < -0.3 is 0 Å². The van der Waals surface area contributed by atoms with Gasteiger partial charge >= 0.3 is 10.1 Å². The normalized spacial score (nSPS) is 19.2. The molecule has 1 aliphatic rings. The van der Waals surface area contributed by atoms with Gasteiger partial charge in [0.2, 0.25) is 0 Å². The van der Waals surface area contributed by atoms with Gasteiger partial charge in [-0.3, -0.25) is 0 Å². The molecule has 1 rings (SSSR count). The van der Waals surface area contributed by atoms with E-state index in [-0.39, 0.29) is 0 Å². The van der Waals surface area contributed by atoms with Crippen LogP contribution in [0.2, 0.25) is 0 Å². The number of rotatable bonds is 9. The molecule has 18 heavy (non-hydrogen) atoms. The van der Waals surface area contributed by atoms with Crippen molar-refractivity contribution in [3.8, 4) is 0 Å². The average Bonchev–Trinajstić information content (AvgIpc) is 2.69.